The van der Waals surface area contributed by atoms with E-state index in [4.69, 9.17) is 0 Å². The maximum atomic E-state index is 12.4. The molecule has 136 valence electrons. The van der Waals surface area contributed by atoms with Gasteiger partial charge in [0, 0.05) is 23.5 Å². The molecule has 0 bridgehead atoms. The number of pyridine rings is 2. The lowest BCUT2D eigenvalue weighted by Gasteiger charge is -2.08. The summed E-state index contributed by atoms with van der Waals surface area (Å²) in [6.45, 7) is 0. The van der Waals surface area contributed by atoms with Crippen molar-refractivity contribution >= 4 is 34.2 Å². The standard InChI is InChI=1S/C22H16N4O2/c27-21(25-19-5-1-3-11-23-19)17-9-7-16-14-18(10-8-15(16)13-17)22(28)26-20-6-2-4-12-24-20/h1-14H,(H,23,25,27)(H,24,26,28). The van der Waals surface area contributed by atoms with Gasteiger partial charge in [-0.25, -0.2) is 9.97 Å². The van der Waals surface area contributed by atoms with Crippen molar-refractivity contribution in [2.75, 3.05) is 10.6 Å². The molecule has 0 aliphatic rings. The largest absolute Gasteiger partial charge is 0.307 e. The molecule has 28 heavy (non-hydrogen) atoms. The fourth-order valence-corrected chi connectivity index (χ4v) is 2.78. The second-order valence-electron chi connectivity index (χ2n) is 6.11. The second-order valence-corrected chi connectivity index (χ2v) is 6.11. The third-order valence-electron chi connectivity index (χ3n) is 4.18. The number of hydrogen-bond donors (Lipinski definition) is 2. The predicted octanol–water partition coefficient (Wildman–Crippen LogP) is 4.13. The summed E-state index contributed by atoms with van der Waals surface area (Å²) in [6, 6.07) is 21.3. The van der Waals surface area contributed by atoms with Crippen LogP contribution < -0.4 is 10.6 Å². The maximum Gasteiger partial charge on any atom is 0.256 e. The van der Waals surface area contributed by atoms with Crippen LogP contribution in [-0.2, 0) is 0 Å². The van der Waals surface area contributed by atoms with Gasteiger partial charge in [-0.3, -0.25) is 9.59 Å². The van der Waals surface area contributed by atoms with Gasteiger partial charge in [0.1, 0.15) is 11.6 Å². The van der Waals surface area contributed by atoms with Gasteiger partial charge in [-0.2, -0.15) is 0 Å². The van der Waals surface area contributed by atoms with E-state index in [-0.39, 0.29) is 11.8 Å². The first-order valence-corrected chi connectivity index (χ1v) is 8.68. The molecule has 0 saturated heterocycles. The van der Waals surface area contributed by atoms with Gasteiger partial charge in [0.05, 0.1) is 0 Å². The summed E-state index contributed by atoms with van der Waals surface area (Å²) >= 11 is 0. The minimum atomic E-state index is -0.238. The summed E-state index contributed by atoms with van der Waals surface area (Å²) in [5.41, 5.74) is 1.03. The molecule has 2 aromatic heterocycles. The normalized spacial score (nSPS) is 10.4. The molecule has 0 aliphatic heterocycles. The fourth-order valence-electron chi connectivity index (χ4n) is 2.78. The van der Waals surface area contributed by atoms with E-state index in [0.717, 1.165) is 10.8 Å². The van der Waals surface area contributed by atoms with E-state index in [0.29, 0.717) is 22.8 Å². The van der Waals surface area contributed by atoms with Crippen LogP contribution in [-0.4, -0.2) is 21.8 Å². The van der Waals surface area contributed by atoms with Crippen LogP contribution in [0.4, 0.5) is 11.6 Å². The van der Waals surface area contributed by atoms with Crippen LogP contribution in [0.3, 0.4) is 0 Å². The van der Waals surface area contributed by atoms with E-state index < -0.39 is 0 Å². The van der Waals surface area contributed by atoms with E-state index in [1.54, 1.807) is 73.1 Å². The smallest absolute Gasteiger partial charge is 0.256 e. The van der Waals surface area contributed by atoms with Gasteiger partial charge in [-0.05, 0) is 59.3 Å². The van der Waals surface area contributed by atoms with Crippen molar-refractivity contribution in [1.82, 2.24) is 9.97 Å². The van der Waals surface area contributed by atoms with Crippen molar-refractivity contribution in [3.05, 3.63) is 96.3 Å². The lowest BCUT2D eigenvalue weighted by atomic mass is 10.0. The summed E-state index contributed by atoms with van der Waals surface area (Å²) in [4.78, 5) is 33.0. The van der Waals surface area contributed by atoms with Crippen molar-refractivity contribution in [3.8, 4) is 0 Å². The van der Waals surface area contributed by atoms with Crippen molar-refractivity contribution in [1.29, 1.82) is 0 Å². The number of carbonyl (C=O) groups is 2. The van der Waals surface area contributed by atoms with Gasteiger partial charge >= 0.3 is 0 Å². The number of hydrogen-bond acceptors (Lipinski definition) is 4. The Labute approximate surface area is 161 Å². The van der Waals surface area contributed by atoms with Crippen molar-refractivity contribution in [3.63, 3.8) is 0 Å². The molecule has 4 aromatic rings. The zero-order valence-corrected chi connectivity index (χ0v) is 14.8. The lowest BCUT2D eigenvalue weighted by Crippen LogP contribution is -2.13. The summed E-state index contributed by atoms with van der Waals surface area (Å²) in [7, 11) is 0. The zero-order chi connectivity index (χ0) is 19.3. The average molecular weight is 368 g/mol. The molecular weight excluding hydrogens is 352 g/mol. The summed E-state index contributed by atoms with van der Waals surface area (Å²) < 4.78 is 0. The molecule has 0 atom stereocenters. The first kappa shape index (κ1) is 17.4. The SMILES string of the molecule is O=C(Nc1ccccn1)c1ccc2cc(C(=O)Nc3ccccn3)ccc2c1. The molecule has 6 heteroatoms. The number of aromatic nitrogens is 2. The summed E-state index contributed by atoms with van der Waals surface area (Å²) in [5, 5.41) is 7.25. The lowest BCUT2D eigenvalue weighted by molar-refractivity contribution is 0.101. The molecule has 4 rings (SSSR count). The molecule has 0 saturated carbocycles. The Morgan fingerprint density at radius 3 is 1.46 bits per heavy atom. The van der Waals surface area contributed by atoms with Crippen LogP contribution in [0.15, 0.2) is 85.2 Å². The van der Waals surface area contributed by atoms with E-state index in [1.165, 1.54) is 0 Å². The highest BCUT2D eigenvalue weighted by Crippen LogP contribution is 2.19. The summed E-state index contributed by atoms with van der Waals surface area (Å²) in [5.74, 6) is 0.512. The Hall–Kier alpha value is -4.06. The molecule has 2 N–H and O–H groups in total. The first-order valence-electron chi connectivity index (χ1n) is 8.68. The maximum absolute atomic E-state index is 12.4. The predicted molar refractivity (Wildman–Crippen MR) is 108 cm³/mol. The highest BCUT2D eigenvalue weighted by molar-refractivity contribution is 6.08. The Morgan fingerprint density at radius 1 is 0.607 bits per heavy atom. The number of fused-ring (bicyclic) bond motifs is 1. The molecule has 0 fully saturated rings. The van der Waals surface area contributed by atoms with Gasteiger partial charge in [-0.15, -0.1) is 0 Å². The van der Waals surface area contributed by atoms with Crippen LogP contribution in [0, 0.1) is 0 Å². The summed E-state index contributed by atoms with van der Waals surface area (Å²) in [6.07, 6.45) is 3.24. The molecule has 0 spiro atoms. The van der Waals surface area contributed by atoms with E-state index >= 15 is 0 Å². The number of amides is 2. The number of carbonyl (C=O) groups excluding carboxylic acids is 2. The number of nitrogens with zero attached hydrogens (tertiary/aromatic N) is 2. The Bertz CT molecular complexity index is 1050. The minimum Gasteiger partial charge on any atom is -0.307 e. The zero-order valence-electron chi connectivity index (χ0n) is 14.8. The second kappa shape index (κ2) is 7.67. The van der Waals surface area contributed by atoms with Crippen LogP contribution in [0.2, 0.25) is 0 Å². The highest BCUT2D eigenvalue weighted by atomic mass is 16.2. The molecule has 2 heterocycles. The third kappa shape index (κ3) is 3.86. The van der Waals surface area contributed by atoms with Gasteiger partial charge in [0.2, 0.25) is 0 Å². The fraction of sp³-hybridized carbons (Fsp3) is 0. The monoisotopic (exact) mass is 368 g/mol. The van der Waals surface area contributed by atoms with E-state index in [9.17, 15) is 9.59 Å². The molecule has 0 unspecified atom stereocenters. The number of benzene rings is 2. The minimum absolute atomic E-state index is 0.238. The molecule has 0 radical (unpaired) electrons. The molecule has 2 aromatic carbocycles. The van der Waals surface area contributed by atoms with Crippen LogP contribution in [0.1, 0.15) is 20.7 Å². The molecular formula is C22H16N4O2. The van der Waals surface area contributed by atoms with Gasteiger partial charge < -0.3 is 10.6 Å². The Kier molecular flexibility index (Phi) is 4.76. The molecule has 6 nitrogen and oxygen atoms in total. The quantitative estimate of drug-likeness (QED) is 0.567. The number of nitrogens with one attached hydrogen (secondary N) is 2. The van der Waals surface area contributed by atoms with Gasteiger partial charge in [0.15, 0.2) is 0 Å². The average Bonchev–Trinajstić information content (AvgIpc) is 2.74. The Morgan fingerprint density at radius 2 is 1.07 bits per heavy atom. The van der Waals surface area contributed by atoms with Crippen molar-refractivity contribution < 1.29 is 9.59 Å². The first-order chi connectivity index (χ1) is 13.7. The number of rotatable bonds is 4. The van der Waals surface area contributed by atoms with Crippen LogP contribution >= 0.6 is 0 Å². The Balaban J connectivity index is 1.54. The van der Waals surface area contributed by atoms with Crippen molar-refractivity contribution in [2.45, 2.75) is 0 Å². The van der Waals surface area contributed by atoms with Crippen molar-refractivity contribution in [2.24, 2.45) is 0 Å². The highest BCUT2D eigenvalue weighted by Gasteiger charge is 2.10. The molecule has 0 aliphatic carbocycles. The topological polar surface area (TPSA) is 84.0 Å². The van der Waals surface area contributed by atoms with Crippen LogP contribution in [0.5, 0.6) is 0 Å². The van der Waals surface area contributed by atoms with Gasteiger partial charge in [0.25, 0.3) is 11.8 Å². The van der Waals surface area contributed by atoms with E-state index in [1.807, 2.05) is 12.1 Å². The molecule has 2 amide bonds. The third-order valence-corrected chi connectivity index (χ3v) is 4.18. The number of anilines is 2. The van der Waals surface area contributed by atoms with Crippen LogP contribution in [0.25, 0.3) is 10.8 Å². The van der Waals surface area contributed by atoms with E-state index in [2.05, 4.69) is 20.6 Å². The van der Waals surface area contributed by atoms with Gasteiger partial charge in [-0.1, -0.05) is 24.3 Å².